The van der Waals surface area contributed by atoms with Crippen LogP contribution in [0.2, 0.25) is 0 Å². The van der Waals surface area contributed by atoms with E-state index >= 15 is 0 Å². The number of nitrogens with two attached hydrogens (primary N) is 2. The van der Waals surface area contributed by atoms with Crippen LogP contribution in [0.5, 0.6) is 0 Å². The Kier molecular flexibility index (Phi) is 3.79. The molecule has 66 valence electrons. The highest BCUT2D eigenvalue weighted by Gasteiger charge is 2.12. The van der Waals surface area contributed by atoms with E-state index in [2.05, 4.69) is 10.6 Å². The summed E-state index contributed by atoms with van der Waals surface area (Å²) in [5, 5.41) is 6.52. The Balaban J connectivity index is 2.29. The molecule has 1 fully saturated rings. The zero-order valence-corrected chi connectivity index (χ0v) is 6.84. The highest BCUT2D eigenvalue weighted by atomic mass is 15.0. The normalized spacial score (nSPS) is 35.5. The predicted molar refractivity (Wildman–Crippen MR) is 46.3 cm³/mol. The van der Waals surface area contributed by atoms with Crippen molar-refractivity contribution in [2.45, 2.75) is 18.5 Å². The summed E-state index contributed by atoms with van der Waals surface area (Å²) in [5.41, 5.74) is 11.6. The van der Waals surface area contributed by atoms with E-state index in [9.17, 15) is 0 Å². The zero-order valence-electron chi connectivity index (χ0n) is 6.84. The second kappa shape index (κ2) is 4.66. The minimum atomic E-state index is 0.0839. The van der Waals surface area contributed by atoms with Crippen molar-refractivity contribution < 1.29 is 0 Å². The van der Waals surface area contributed by atoms with Crippen LogP contribution in [-0.4, -0.2) is 38.3 Å². The molecule has 1 rings (SSSR count). The van der Waals surface area contributed by atoms with Crippen molar-refractivity contribution in [2.24, 2.45) is 11.5 Å². The molecule has 2 unspecified atom stereocenters. The summed E-state index contributed by atoms with van der Waals surface area (Å²) in [7, 11) is 0. The minimum absolute atomic E-state index is 0.0839. The molecule has 0 spiro atoms. The van der Waals surface area contributed by atoms with Crippen molar-refractivity contribution in [1.82, 2.24) is 10.6 Å². The van der Waals surface area contributed by atoms with Crippen molar-refractivity contribution in [2.75, 3.05) is 26.2 Å². The lowest BCUT2D eigenvalue weighted by Crippen LogP contribution is -2.51. The van der Waals surface area contributed by atoms with Gasteiger partial charge in [0.1, 0.15) is 0 Å². The van der Waals surface area contributed by atoms with E-state index in [1.807, 2.05) is 0 Å². The van der Waals surface area contributed by atoms with E-state index in [0.29, 0.717) is 0 Å². The first-order valence-corrected chi connectivity index (χ1v) is 4.23. The monoisotopic (exact) mass is 158 g/mol. The van der Waals surface area contributed by atoms with Crippen LogP contribution in [0.25, 0.3) is 0 Å². The van der Waals surface area contributed by atoms with Gasteiger partial charge in [-0.1, -0.05) is 0 Å². The molecule has 0 saturated carbocycles. The summed E-state index contributed by atoms with van der Waals surface area (Å²) >= 11 is 0. The second-order valence-electron chi connectivity index (χ2n) is 3.09. The molecule has 1 heterocycles. The van der Waals surface area contributed by atoms with E-state index in [-0.39, 0.29) is 12.1 Å². The Labute approximate surface area is 67.7 Å². The summed E-state index contributed by atoms with van der Waals surface area (Å²) in [6.07, 6.45) is 1.15. The van der Waals surface area contributed by atoms with Crippen molar-refractivity contribution in [3.63, 3.8) is 0 Å². The third-order valence-corrected chi connectivity index (χ3v) is 2.02. The van der Waals surface area contributed by atoms with Crippen LogP contribution >= 0.6 is 0 Å². The summed E-state index contributed by atoms with van der Waals surface area (Å²) < 4.78 is 0. The molecule has 1 aliphatic rings. The quantitative estimate of drug-likeness (QED) is 0.336. The van der Waals surface area contributed by atoms with Gasteiger partial charge in [-0.25, -0.2) is 0 Å². The Morgan fingerprint density at radius 3 is 1.82 bits per heavy atom. The molecule has 0 aromatic heterocycles. The van der Waals surface area contributed by atoms with Gasteiger partial charge in [-0.15, -0.1) is 0 Å². The van der Waals surface area contributed by atoms with Crippen LogP contribution < -0.4 is 22.1 Å². The molecule has 2 atom stereocenters. The Morgan fingerprint density at radius 1 is 0.909 bits per heavy atom. The maximum Gasteiger partial charge on any atom is 0.0331 e. The minimum Gasteiger partial charge on any atom is -0.325 e. The largest absolute Gasteiger partial charge is 0.325 e. The molecule has 1 saturated heterocycles. The summed E-state index contributed by atoms with van der Waals surface area (Å²) in [6.45, 7) is 3.74. The number of hydrogen-bond donors (Lipinski definition) is 4. The van der Waals surface area contributed by atoms with E-state index < -0.39 is 0 Å². The van der Waals surface area contributed by atoms with Gasteiger partial charge in [-0.2, -0.15) is 0 Å². The van der Waals surface area contributed by atoms with Crippen LogP contribution in [0.4, 0.5) is 0 Å². The molecule has 0 aliphatic carbocycles. The average Bonchev–Trinajstić information content (AvgIpc) is 2.07. The van der Waals surface area contributed by atoms with E-state index in [0.717, 1.165) is 32.6 Å². The molecule has 0 radical (unpaired) electrons. The molecule has 4 heteroatoms. The third kappa shape index (κ3) is 3.16. The smallest absolute Gasteiger partial charge is 0.0331 e. The van der Waals surface area contributed by atoms with Gasteiger partial charge in [0.05, 0.1) is 0 Å². The Hall–Kier alpha value is -0.160. The van der Waals surface area contributed by atoms with Crippen LogP contribution in [0.3, 0.4) is 0 Å². The fourth-order valence-corrected chi connectivity index (χ4v) is 1.18. The average molecular weight is 158 g/mol. The molecule has 0 amide bonds. The van der Waals surface area contributed by atoms with Crippen molar-refractivity contribution >= 4 is 0 Å². The fraction of sp³-hybridized carbons (Fsp3) is 1.00. The number of hydrogen-bond acceptors (Lipinski definition) is 4. The Morgan fingerprint density at radius 2 is 1.36 bits per heavy atom. The second-order valence-corrected chi connectivity index (χ2v) is 3.09. The highest BCUT2D eigenvalue weighted by molar-refractivity contribution is 4.81. The van der Waals surface area contributed by atoms with E-state index in [1.165, 1.54) is 0 Å². The first kappa shape index (κ1) is 8.93. The lowest BCUT2D eigenvalue weighted by Gasteiger charge is -2.18. The molecule has 0 aromatic carbocycles. The van der Waals surface area contributed by atoms with Gasteiger partial charge in [-0.3, -0.25) is 0 Å². The highest BCUT2D eigenvalue weighted by Crippen LogP contribution is 1.87. The first-order valence-electron chi connectivity index (χ1n) is 4.23. The van der Waals surface area contributed by atoms with Crippen molar-refractivity contribution in [1.29, 1.82) is 0 Å². The van der Waals surface area contributed by atoms with Gasteiger partial charge in [0.15, 0.2) is 0 Å². The van der Waals surface area contributed by atoms with Gasteiger partial charge >= 0.3 is 0 Å². The topological polar surface area (TPSA) is 76.1 Å². The van der Waals surface area contributed by atoms with Gasteiger partial charge < -0.3 is 22.1 Å². The van der Waals surface area contributed by atoms with Gasteiger partial charge in [0, 0.05) is 25.2 Å². The van der Waals surface area contributed by atoms with Crippen molar-refractivity contribution in [3.05, 3.63) is 0 Å². The maximum absolute atomic E-state index is 5.79. The molecule has 4 nitrogen and oxygen atoms in total. The van der Waals surface area contributed by atoms with E-state index in [4.69, 9.17) is 11.5 Å². The molecule has 6 N–H and O–H groups in total. The van der Waals surface area contributed by atoms with Crippen LogP contribution in [0.15, 0.2) is 0 Å². The molecular formula is C7H18N4. The van der Waals surface area contributed by atoms with E-state index in [1.54, 1.807) is 0 Å². The third-order valence-electron chi connectivity index (χ3n) is 2.02. The Bertz CT molecular complexity index is 94.6. The molecule has 1 aliphatic heterocycles. The fourth-order valence-electron chi connectivity index (χ4n) is 1.18. The maximum atomic E-state index is 5.79. The lowest BCUT2D eigenvalue weighted by atomic mass is 10.1. The van der Waals surface area contributed by atoms with Gasteiger partial charge in [-0.05, 0) is 19.5 Å². The summed E-state index contributed by atoms with van der Waals surface area (Å²) in [6, 6.07) is 0.168. The van der Waals surface area contributed by atoms with Crippen LogP contribution in [0.1, 0.15) is 6.42 Å². The number of rotatable bonds is 0. The SMILES string of the molecule is NC1CNCCCNCC1N. The van der Waals surface area contributed by atoms with Gasteiger partial charge in [0.2, 0.25) is 0 Å². The lowest BCUT2D eigenvalue weighted by molar-refractivity contribution is 0.487. The standard InChI is InChI=1S/C7H18N4/c8-6-4-10-2-1-3-11-5-7(6)9/h6-7,10-11H,1-5,8-9H2. The molecule has 0 bridgehead atoms. The van der Waals surface area contributed by atoms with Crippen LogP contribution in [-0.2, 0) is 0 Å². The van der Waals surface area contributed by atoms with Crippen molar-refractivity contribution in [3.8, 4) is 0 Å². The number of nitrogens with one attached hydrogen (secondary N) is 2. The predicted octanol–water partition coefficient (Wildman–Crippen LogP) is -1.78. The first-order chi connectivity index (χ1) is 5.30. The van der Waals surface area contributed by atoms with Crippen LogP contribution in [0, 0.1) is 0 Å². The zero-order chi connectivity index (χ0) is 8.10. The molecule has 11 heavy (non-hydrogen) atoms. The molecular weight excluding hydrogens is 140 g/mol. The summed E-state index contributed by atoms with van der Waals surface area (Å²) in [5.74, 6) is 0. The summed E-state index contributed by atoms with van der Waals surface area (Å²) in [4.78, 5) is 0. The molecule has 0 aromatic rings. The van der Waals surface area contributed by atoms with Gasteiger partial charge in [0.25, 0.3) is 0 Å².